The van der Waals surface area contributed by atoms with Crippen LogP contribution >= 0.6 is 11.3 Å². The predicted molar refractivity (Wildman–Crippen MR) is 195 cm³/mol. The van der Waals surface area contributed by atoms with Crippen molar-refractivity contribution in [3.63, 3.8) is 0 Å². The number of nitrogens with zero attached hydrogens (tertiary/aromatic N) is 2. The molecule has 4 aliphatic rings. The summed E-state index contributed by atoms with van der Waals surface area (Å²) >= 11 is 1.93. The van der Waals surface area contributed by atoms with Gasteiger partial charge in [-0.1, -0.05) is 103 Å². The van der Waals surface area contributed by atoms with Crippen molar-refractivity contribution >= 4 is 96.4 Å². The molecule has 2 nitrogen and oxygen atoms in total. The minimum Gasteiger partial charge on any atom is -0.312 e. The summed E-state index contributed by atoms with van der Waals surface area (Å²) in [5.41, 5.74) is 14.1. The van der Waals surface area contributed by atoms with Crippen LogP contribution in [-0.2, 0) is 12.1 Å². The van der Waals surface area contributed by atoms with Crippen molar-refractivity contribution in [2.75, 3.05) is 9.80 Å². The first-order chi connectivity index (χ1) is 22.3. The maximum Gasteiger partial charge on any atom is 0.254 e. The van der Waals surface area contributed by atoms with Crippen LogP contribution in [0.2, 0.25) is 0 Å². The fourth-order valence-electron chi connectivity index (χ4n) is 9.14. The number of hydrogen-bond donors (Lipinski definition) is 0. The zero-order valence-electron chi connectivity index (χ0n) is 24.6. The fraction of sp³-hybridized carbons (Fsp3) is 0.0500. The molecule has 4 aliphatic heterocycles. The van der Waals surface area contributed by atoms with Crippen molar-refractivity contribution in [1.29, 1.82) is 0 Å². The average Bonchev–Trinajstić information content (AvgIpc) is 3.68. The molecular weight excluding hydrogens is 579 g/mol. The largest absolute Gasteiger partial charge is 0.312 e. The molecule has 0 unspecified atom stereocenters. The highest BCUT2D eigenvalue weighted by atomic mass is 32.1. The van der Waals surface area contributed by atoms with Crippen molar-refractivity contribution in [3.8, 4) is 0 Å². The van der Waals surface area contributed by atoms with E-state index >= 15 is 0 Å². The van der Waals surface area contributed by atoms with Crippen LogP contribution in [0.4, 0.5) is 33.4 Å². The lowest BCUT2D eigenvalue weighted by Crippen LogP contribution is -2.69. The molecule has 0 bridgehead atoms. The standard InChI is InChI=1S/C40H27BN2SSi/c1-2-14-28(15-3-1)42-32-19-11-20-33-38(32)41(37-29-16-6-8-21-34(29)44-40(37)42)30-17-10-23-36-39(30)43(33)31-18-7-9-22-35(31)45(36)24-26-12-4-5-13-27(26)25-45/h1-23H,24-25H2. The first kappa shape index (κ1) is 24.5. The maximum atomic E-state index is 2.65. The zero-order chi connectivity index (χ0) is 29.3. The predicted octanol–water partition coefficient (Wildman–Crippen LogP) is 6.74. The van der Waals surface area contributed by atoms with Crippen LogP contribution in [0.1, 0.15) is 11.1 Å². The molecule has 5 heteroatoms. The first-order valence-corrected chi connectivity index (χ1v) is 19.1. The molecule has 1 aromatic heterocycles. The van der Waals surface area contributed by atoms with Crippen molar-refractivity contribution < 1.29 is 0 Å². The van der Waals surface area contributed by atoms with Crippen molar-refractivity contribution in [2.45, 2.75) is 12.1 Å². The number of fused-ring (bicyclic) bond motifs is 11. The normalized spacial score (nSPS) is 15.9. The first-order valence-electron chi connectivity index (χ1n) is 15.9. The van der Waals surface area contributed by atoms with Gasteiger partial charge >= 0.3 is 0 Å². The summed E-state index contributed by atoms with van der Waals surface area (Å²) < 4.78 is 1.35. The molecule has 0 fully saturated rings. The van der Waals surface area contributed by atoms with E-state index < -0.39 is 8.07 Å². The Kier molecular flexibility index (Phi) is 4.71. The third-order valence-corrected chi connectivity index (χ3v) is 16.9. The van der Waals surface area contributed by atoms with Gasteiger partial charge in [0.05, 0.1) is 5.00 Å². The van der Waals surface area contributed by atoms with Gasteiger partial charge in [-0.3, -0.25) is 0 Å². The Morgan fingerprint density at radius 2 is 1.18 bits per heavy atom. The van der Waals surface area contributed by atoms with Gasteiger partial charge in [-0.2, -0.15) is 0 Å². The number of benzene rings is 6. The monoisotopic (exact) mass is 606 g/mol. The smallest absolute Gasteiger partial charge is 0.254 e. The fourth-order valence-corrected chi connectivity index (χ4v) is 15.8. The SMILES string of the molecule is c1ccc(N2c3cccc4c3B(c3cccc5c3N4c3ccccc3[Si]53Cc4ccccc4C3)c3c2sc2ccccc32)cc1. The van der Waals surface area contributed by atoms with E-state index in [2.05, 4.69) is 149 Å². The lowest BCUT2D eigenvalue weighted by Gasteiger charge is -2.49. The molecule has 45 heavy (non-hydrogen) atoms. The van der Waals surface area contributed by atoms with Crippen molar-refractivity contribution in [3.05, 3.63) is 151 Å². The second-order valence-corrected chi connectivity index (χ2v) is 17.9. The van der Waals surface area contributed by atoms with E-state index in [4.69, 9.17) is 0 Å². The number of rotatable bonds is 1. The molecule has 0 amide bonds. The summed E-state index contributed by atoms with van der Waals surface area (Å²) in [6.07, 6.45) is 0. The number of anilines is 6. The molecule has 6 aromatic carbocycles. The summed E-state index contributed by atoms with van der Waals surface area (Å²) in [7, 11) is -2.13. The Bertz CT molecular complexity index is 2360. The highest BCUT2D eigenvalue weighted by Crippen LogP contribution is 2.49. The molecule has 0 saturated carbocycles. The Hall–Kier alpha value is -4.84. The Morgan fingerprint density at radius 3 is 2.02 bits per heavy atom. The topological polar surface area (TPSA) is 6.48 Å². The van der Waals surface area contributed by atoms with E-state index in [0.29, 0.717) is 0 Å². The molecule has 0 N–H and O–H groups in total. The Balaban J connectivity index is 1.27. The van der Waals surface area contributed by atoms with Gasteiger partial charge in [0.1, 0.15) is 8.07 Å². The third-order valence-electron chi connectivity index (χ3n) is 10.8. The summed E-state index contributed by atoms with van der Waals surface area (Å²) in [6.45, 7) is 0.175. The van der Waals surface area contributed by atoms with Gasteiger partial charge in [0.2, 0.25) is 0 Å². The molecule has 5 heterocycles. The maximum absolute atomic E-state index is 2.65. The molecular formula is C40H27BN2SSi. The van der Waals surface area contributed by atoms with Gasteiger partial charge in [0.25, 0.3) is 6.71 Å². The van der Waals surface area contributed by atoms with E-state index in [1.165, 1.54) is 72.0 Å². The van der Waals surface area contributed by atoms with Gasteiger partial charge in [-0.25, -0.2) is 0 Å². The Labute approximate surface area is 267 Å². The van der Waals surface area contributed by atoms with E-state index in [-0.39, 0.29) is 6.71 Å². The Morgan fingerprint density at radius 1 is 0.533 bits per heavy atom. The molecule has 0 saturated heterocycles. The van der Waals surface area contributed by atoms with Gasteiger partial charge in [-0.05, 0) is 91.8 Å². The third kappa shape index (κ3) is 3.00. The molecule has 1 spiro atoms. The second kappa shape index (κ2) is 8.66. The van der Waals surface area contributed by atoms with Gasteiger partial charge in [0.15, 0.2) is 0 Å². The van der Waals surface area contributed by atoms with Crippen molar-refractivity contribution in [2.24, 2.45) is 0 Å². The van der Waals surface area contributed by atoms with Crippen LogP contribution in [0.15, 0.2) is 140 Å². The molecule has 7 aromatic rings. The van der Waals surface area contributed by atoms with Crippen LogP contribution < -0.4 is 36.6 Å². The van der Waals surface area contributed by atoms with Crippen LogP contribution in [-0.4, -0.2) is 14.8 Å². The highest BCUT2D eigenvalue weighted by Gasteiger charge is 2.53. The zero-order valence-corrected chi connectivity index (χ0v) is 26.4. The van der Waals surface area contributed by atoms with E-state index in [1.54, 1.807) is 21.5 Å². The van der Waals surface area contributed by atoms with Gasteiger partial charge in [0, 0.05) is 33.1 Å². The average molecular weight is 607 g/mol. The number of hydrogen-bond acceptors (Lipinski definition) is 3. The lowest BCUT2D eigenvalue weighted by atomic mass is 9.33. The molecule has 0 radical (unpaired) electrons. The number of thiophene rings is 1. The highest BCUT2D eigenvalue weighted by molar-refractivity contribution is 7.26. The summed E-state index contributed by atoms with van der Waals surface area (Å²) in [6, 6.07) is 55.3. The van der Waals surface area contributed by atoms with E-state index in [0.717, 1.165) is 0 Å². The minimum atomic E-state index is -2.13. The van der Waals surface area contributed by atoms with Crippen LogP contribution in [0.25, 0.3) is 10.1 Å². The number of para-hydroxylation sites is 3. The van der Waals surface area contributed by atoms with Crippen molar-refractivity contribution in [1.82, 2.24) is 0 Å². The van der Waals surface area contributed by atoms with Gasteiger partial charge < -0.3 is 9.80 Å². The molecule has 0 atom stereocenters. The van der Waals surface area contributed by atoms with E-state index in [9.17, 15) is 0 Å². The second-order valence-electron chi connectivity index (χ2n) is 12.9. The quantitative estimate of drug-likeness (QED) is 0.191. The summed E-state index contributed by atoms with van der Waals surface area (Å²) in [5, 5.41) is 5.92. The van der Waals surface area contributed by atoms with Crippen LogP contribution in [0.3, 0.4) is 0 Å². The summed E-state index contributed by atoms with van der Waals surface area (Å²) in [5.74, 6) is 0. The molecule has 11 rings (SSSR count). The van der Waals surface area contributed by atoms with Crippen LogP contribution in [0, 0.1) is 0 Å². The molecule has 210 valence electrons. The van der Waals surface area contributed by atoms with E-state index in [1.807, 2.05) is 11.3 Å². The summed E-state index contributed by atoms with van der Waals surface area (Å²) in [4.78, 5) is 5.18. The van der Waals surface area contributed by atoms with Crippen LogP contribution in [0.5, 0.6) is 0 Å². The minimum absolute atomic E-state index is 0.175. The van der Waals surface area contributed by atoms with Gasteiger partial charge in [-0.15, -0.1) is 11.3 Å². The molecule has 0 aliphatic carbocycles. The lowest BCUT2D eigenvalue weighted by molar-refractivity contribution is 1.26.